The van der Waals surface area contributed by atoms with E-state index in [-0.39, 0.29) is 23.8 Å². The number of hydrogen-bond donors (Lipinski definition) is 1. The molecule has 1 aliphatic heterocycles. The number of benzene rings is 1. The first kappa shape index (κ1) is 15.5. The van der Waals surface area contributed by atoms with Crippen LogP contribution >= 0.6 is 0 Å². The number of nitrogens with zero attached hydrogens (tertiary/aromatic N) is 2. The molecule has 0 saturated carbocycles. The van der Waals surface area contributed by atoms with E-state index >= 15 is 0 Å². The van der Waals surface area contributed by atoms with Crippen molar-refractivity contribution in [2.75, 3.05) is 26.2 Å². The first-order chi connectivity index (χ1) is 10.0. The molecule has 5 heteroatoms. The van der Waals surface area contributed by atoms with E-state index < -0.39 is 0 Å². The highest BCUT2D eigenvalue weighted by Crippen LogP contribution is 2.21. The number of carbonyl (C=O) groups is 2. The maximum absolute atomic E-state index is 12.5. The van der Waals surface area contributed by atoms with E-state index in [4.69, 9.17) is 5.73 Å². The van der Waals surface area contributed by atoms with Gasteiger partial charge in [0.1, 0.15) is 0 Å². The van der Waals surface area contributed by atoms with Gasteiger partial charge in [-0.2, -0.15) is 0 Å². The van der Waals surface area contributed by atoms with E-state index in [1.807, 2.05) is 42.2 Å². The average Bonchev–Trinajstić information content (AvgIpc) is 2.53. The molecule has 2 amide bonds. The van der Waals surface area contributed by atoms with Crippen LogP contribution in [-0.2, 0) is 9.59 Å². The topological polar surface area (TPSA) is 66.6 Å². The number of nitrogens with two attached hydrogens (primary N) is 1. The molecule has 2 N–H and O–H groups in total. The normalized spacial score (nSPS) is 18.2. The van der Waals surface area contributed by atoms with Gasteiger partial charge < -0.3 is 15.5 Å². The van der Waals surface area contributed by atoms with Crippen molar-refractivity contribution >= 4 is 11.8 Å². The minimum Gasteiger partial charge on any atom is -0.339 e. The lowest BCUT2D eigenvalue weighted by atomic mass is 9.94. The maximum Gasteiger partial charge on any atom is 0.227 e. The summed E-state index contributed by atoms with van der Waals surface area (Å²) >= 11 is 0. The third-order valence-electron chi connectivity index (χ3n) is 4.15. The van der Waals surface area contributed by atoms with Crippen molar-refractivity contribution < 1.29 is 9.59 Å². The molecule has 1 aliphatic rings. The molecule has 2 atom stereocenters. The summed E-state index contributed by atoms with van der Waals surface area (Å²) in [5, 5.41) is 0. The largest absolute Gasteiger partial charge is 0.339 e. The Morgan fingerprint density at radius 3 is 2.10 bits per heavy atom. The second kappa shape index (κ2) is 6.72. The zero-order valence-electron chi connectivity index (χ0n) is 12.7. The van der Waals surface area contributed by atoms with Gasteiger partial charge in [-0.25, -0.2) is 0 Å². The van der Waals surface area contributed by atoms with Gasteiger partial charge in [0.05, 0.1) is 5.92 Å². The second-order valence-corrected chi connectivity index (χ2v) is 5.56. The van der Waals surface area contributed by atoms with Crippen LogP contribution < -0.4 is 5.73 Å². The Morgan fingerprint density at radius 2 is 1.57 bits per heavy atom. The Hall–Kier alpha value is -1.88. The molecule has 1 saturated heterocycles. The average molecular weight is 289 g/mol. The molecular weight excluding hydrogens is 266 g/mol. The molecule has 5 nitrogen and oxygen atoms in total. The van der Waals surface area contributed by atoms with Crippen LogP contribution in [0.2, 0.25) is 0 Å². The predicted molar refractivity (Wildman–Crippen MR) is 81.4 cm³/mol. The third-order valence-corrected chi connectivity index (χ3v) is 4.15. The summed E-state index contributed by atoms with van der Waals surface area (Å²) in [6, 6.07) is 9.38. The summed E-state index contributed by atoms with van der Waals surface area (Å²) in [6.45, 7) is 5.82. The van der Waals surface area contributed by atoms with Crippen molar-refractivity contribution in [3.63, 3.8) is 0 Å². The monoisotopic (exact) mass is 289 g/mol. The van der Waals surface area contributed by atoms with E-state index in [1.54, 1.807) is 11.8 Å². The Kier molecular flexibility index (Phi) is 4.96. The zero-order valence-corrected chi connectivity index (χ0v) is 12.7. The van der Waals surface area contributed by atoms with Gasteiger partial charge in [-0.15, -0.1) is 0 Å². The molecule has 1 fully saturated rings. The quantitative estimate of drug-likeness (QED) is 0.903. The summed E-state index contributed by atoms with van der Waals surface area (Å²) < 4.78 is 0. The van der Waals surface area contributed by atoms with Gasteiger partial charge in [-0.1, -0.05) is 37.3 Å². The van der Waals surface area contributed by atoms with Crippen LogP contribution in [0.1, 0.15) is 25.5 Å². The molecule has 1 aromatic rings. The minimum absolute atomic E-state index is 0.0644. The maximum atomic E-state index is 12.5. The summed E-state index contributed by atoms with van der Waals surface area (Å²) in [4.78, 5) is 27.4. The fourth-order valence-electron chi connectivity index (χ4n) is 2.65. The van der Waals surface area contributed by atoms with Gasteiger partial charge >= 0.3 is 0 Å². The number of amides is 2. The highest BCUT2D eigenvalue weighted by molar-refractivity contribution is 5.80. The van der Waals surface area contributed by atoms with E-state index in [2.05, 4.69) is 0 Å². The molecule has 21 heavy (non-hydrogen) atoms. The van der Waals surface area contributed by atoms with E-state index in [0.717, 1.165) is 5.56 Å². The van der Waals surface area contributed by atoms with Crippen LogP contribution in [-0.4, -0.2) is 47.8 Å². The fraction of sp³-hybridized carbons (Fsp3) is 0.500. The molecule has 0 radical (unpaired) electrons. The molecule has 1 aromatic carbocycles. The molecule has 2 unspecified atom stereocenters. The van der Waals surface area contributed by atoms with E-state index in [1.165, 1.54) is 0 Å². The minimum atomic E-state index is -0.301. The first-order valence-corrected chi connectivity index (χ1v) is 7.35. The van der Waals surface area contributed by atoms with Gasteiger partial charge in [-0.05, 0) is 5.56 Å². The van der Waals surface area contributed by atoms with Crippen LogP contribution in [0.5, 0.6) is 0 Å². The Balaban J connectivity index is 1.96. The molecular formula is C16H23N3O2. The van der Waals surface area contributed by atoms with Crippen molar-refractivity contribution in [3.8, 4) is 0 Å². The van der Waals surface area contributed by atoms with Gasteiger partial charge in [0.15, 0.2) is 0 Å². The van der Waals surface area contributed by atoms with E-state index in [9.17, 15) is 9.59 Å². The lowest BCUT2D eigenvalue weighted by Gasteiger charge is -2.36. The van der Waals surface area contributed by atoms with Crippen LogP contribution in [0, 0.1) is 5.92 Å². The van der Waals surface area contributed by atoms with Gasteiger partial charge in [0, 0.05) is 39.1 Å². The van der Waals surface area contributed by atoms with Crippen LogP contribution in [0.3, 0.4) is 0 Å². The van der Waals surface area contributed by atoms with Crippen LogP contribution in [0.25, 0.3) is 0 Å². The Bertz CT molecular complexity index is 496. The van der Waals surface area contributed by atoms with Crippen molar-refractivity contribution in [3.05, 3.63) is 35.9 Å². The number of rotatable bonds is 3. The Labute approximate surface area is 125 Å². The van der Waals surface area contributed by atoms with Gasteiger partial charge in [-0.3, -0.25) is 9.59 Å². The summed E-state index contributed by atoms with van der Waals surface area (Å²) in [5.74, 6) is -0.137. The molecule has 2 rings (SSSR count). The predicted octanol–water partition coefficient (Wildman–Crippen LogP) is 1.01. The molecule has 114 valence electrons. The summed E-state index contributed by atoms with van der Waals surface area (Å²) in [5.41, 5.74) is 7.18. The highest BCUT2D eigenvalue weighted by Gasteiger charge is 2.29. The van der Waals surface area contributed by atoms with Crippen molar-refractivity contribution in [1.82, 2.24) is 9.80 Å². The molecule has 0 bridgehead atoms. The second-order valence-electron chi connectivity index (χ2n) is 5.56. The number of carbonyl (C=O) groups excluding carboxylic acids is 2. The van der Waals surface area contributed by atoms with Gasteiger partial charge in [0.25, 0.3) is 0 Å². The molecule has 0 spiro atoms. The fourth-order valence-corrected chi connectivity index (χ4v) is 2.65. The SMILES string of the molecule is CC(=O)N1CCN(C(=O)C(C)C(N)c2ccccc2)CC1. The smallest absolute Gasteiger partial charge is 0.227 e. The summed E-state index contributed by atoms with van der Waals surface area (Å²) in [6.07, 6.45) is 0. The number of piperazine rings is 1. The first-order valence-electron chi connectivity index (χ1n) is 7.35. The molecule has 0 aliphatic carbocycles. The zero-order chi connectivity index (χ0) is 15.4. The summed E-state index contributed by atoms with van der Waals surface area (Å²) in [7, 11) is 0. The van der Waals surface area contributed by atoms with Crippen LogP contribution in [0.4, 0.5) is 0 Å². The van der Waals surface area contributed by atoms with Crippen LogP contribution in [0.15, 0.2) is 30.3 Å². The third kappa shape index (κ3) is 3.61. The van der Waals surface area contributed by atoms with Crippen molar-refractivity contribution in [2.45, 2.75) is 19.9 Å². The standard InChI is InChI=1S/C16H23N3O2/c1-12(15(17)14-6-4-3-5-7-14)16(21)19-10-8-18(9-11-19)13(2)20/h3-7,12,15H,8-11,17H2,1-2H3. The van der Waals surface area contributed by atoms with E-state index in [0.29, 0.717) is 26.2 Å². The van der Waals surface area contributed by atoms with Crippen molar-refractivity contribution in [1.29, 1.82) is 0 Å². The lowest BCUT2D eigenvalue weighted by molar-refractivity contribution is -0.141. The van der Waals surface area contributed by atoms with Crippen molar-refractivity contribution in [2.24, 2.45) is 11.7 Å². The molecule has 1 heterocycles. The highest BCUT2D eigenvalue weighted by atomic mass is 16.2. The molecule has 0 aromatic heterocycles. The number of hydrogen-bond acceptors (Lipinski definition) is 3. The Morgan fingerprint density at radius 1 is 1.05 bits per heavy atom. The lowest BCUT2D eigenvalue weighted by Crippen LogP contribution is -2.52. The van der Waals surface area contributed by atoms with Gasteiger partial charge in [0.2, 0.25) is 11.8 Å².